The van der Waals surface area contributed by atoms with Crippen LogP contribution in [0.4, 0.5) is 10.2 Å². The van der Waals surface area contributed by atoms with Gasteiger partial charge in [-0.25, -0.2) is 14.4 Å². The fraction of sp³-hybridized carbons (Fsp3) is 0.409. The zero-order chi connectivity index (χ0) is 22.2. The quantitative estimate of drug-likeness (QED) is 0.622. The van der Waals surface area contributed by atoms with E-state index in [2.05, 4.69) is 25.5 Å². The van der Waals surface area contributed by atoms with Crippen molar-refractivity contribution in [2.45, 2.75) is 50.0 Å². The number of piperidine rings is 2. The van der Waals surface area contributed by atoms with Gasteiger partial charge in [0.1, 0.15) is 18.0 Å². The zero-order valence-electron chi connectivity index (χ0n) is 17.4. The highest BCUT2D eigenvalue weighted by Crippen LogP contribution is 2.34. The van der Waals surface area contributed by atoms with E-state index in [4.69, 9.17) is 5.26 Å². The molecule has 2 bridgehead atoms. The lowest BCUT2D eigenvalue weighted by Crippen LogP contribution is -2.61. The number of fused-ring (bicyclic) bond motifs is 2. The van der Waals surface area contributed by atoms with Gasteiger partial charge in [0.25, 0.3) is 0 Å². The Balaban J connectivity index is 1.35. The third-order valence-electron chi connectivity index (χ3n) is 6.34. The summed E-state index contributed by atoms with van der Waals surface area (Å²) < 4.78 is 15.0. The van der Waals surface area contributed by atoms with Crippen LogP contribution in [-0.2, 0) is 0 Å². The van der Waals surface area contributed by atoms with E-state index in [1.807, 2.05) is 18.0 Å². The summed E-state index contributed by atoms with van der Waals surface area (Å²) >= 11 is 1.25. The number of hydrogen-bond donors (Lipinski definition) is 2. The van der Waals surface area contributed by atoms with Crippen LogP contribution >= 0.6 is 11.3 Å². The van der Waals surface area contributed by atoms with Gasteiger partial charge < -0.3 is 15.3 Å². The Bertz CT molecular complexity index is 1160. The van der Waals surface area contributed by atoms with Crippen LogP contribution in [0.1, 0.15) is 30.7 Å². The maximum atomic E-state index is 15.0. The Morgan fingerprint density at radius 1 is 1.31 bits per heavy atom. The third kappa shape index (κ3) is 3.78. The van der Waals surface area contributed by atoms with Crippen LogP contribution in [-0.4, -0.2) is 56.6 Å². The van der Waals surface area contributed by atoms with Crippen molar-refractivity contribution in [2.75, 3.05) is 11.9 Å². The van der Waals surface area contributed by atoms with Crippen LogP contribution in [0.2, 0.25) is 0 Å². The summed E-state index contributed by atoms with van der Waals surface area (Å²) in [5.41, 5.74) is 1.75. The van der Waals surface area contributed by atoms with Crippen molar-refractivity contribution in [1.29, 1.82) is 5.26 Å². The molecule has 4 atom stereocenters. The molecule has 2 N–H and O–H groups in total. The van der Waals surface area contributed by atoms with Gasteiger partial charge in [-0.15, -0.1) is 21.5 Å². The fourth-order valence-corrected chi connectivity index (χ4v) is 5.23. The summed E-state index contributed by atoms with van der Waals surface area (Å²) in [6.45, 7) is 0. The van der Waals surface area contributed by atoms with Gasteiger partial charge in [0.15, 0.2) is 16.6 Å². The number of benzene rings is 1. The molecule has 2 aliphatic rings. The average molecular weight is 452 g/mol. The van der Waals surface area contributed by atoms with Crippen LogP contribution in [0.3, 0.4) is 0 Å². The lowest BCUT2D eigenvalue weighted by Gasteiger charge is -2.45. The minimum atomic E-state index is -0.970. The Labute approximate surface area is 188 Å². The monoisotopic (exact) mass is 451 g/mol. The number of nitrogens with one attached hydrogen (secondary N) is 1. The molecular formula is C22H22FN7OS. The molecule has 3 aromatic rings. The Kier molecular flexibility index (Phi) is 5.45. The standard InChI is InChI=1S/C22H22FN7OS/c1-30(17-8-13-3-2-4-15(26-13)21(17)23)19-10-25-22(29-28-19)14-6-5-12(7-18(14)31)16-11-32-20(9-24)27-16/h5-7,10-11,13,15,17,21,26,31H,2-4,8H2,1H3/t13-,15+,17+,21-/m0/s1. The van der Waals surface area contributed by atoms with E-state index < -0.39 is 6.17 Å². The highest BCUT2D eigenvalue weighted by Gasteiger charge is 2.42. The number of halogens is 1. The summed E-state index contributed by atoms with van der Waals surface area (Å²) in [6, 6.07) is 7.03. The van der Waals surface area contributed by atoms with Gasteiger partial charge in [0, 0.05) is 30.1 Å². The predicted molar refractivity (Wildman–Crippen MR) is 119 cm³/mol. The molecule has 5 rings (SSSR count). The van der Waals surface area contributed by atoms with Crippen molar-refractivity contribution in [2.24, 2.45) is 0 Å². The van der Waals surface area contributed by atoms with Gasteiger partial charge in [-0.3, -0.25) is 0 Å². The first kappa shape index (κ1) is 20.7. The molecule has 164 valence electrons. The first-order valence-electron chi connectivity index (χ1n) is 10.6. The van der Waals surface area contributed by atoms with Crippen molar-refractivity contribution in [3.63, 3.8) is 0 Å². The highest BCUT2D eigenvalue weighted by atomic mass is 32.1. The van der Waals surface area contributed by atoms with Gasteiger partial charge in [0.05, 0.1) is 23.5 Å². The Morgan fingerprint density at radius 2 is 2.19 bits per heavy atom. The number of anilines is 1. The molecule has 8 nitrogen and oxygen atoms in total. The largest absolute Gasteiger partial charge is 0.507 e. The van der Waals surface area contributed by atoms with Crippen molar-refractivity contribution in [3.05, 3.63) is 34.8 Å². The number of nitrogens with zero attached hydrogens (tertiary/aromatic N) is 6. The van der Waals surface area contributed by atoms with E-state index in [0.29, 0.717) is 33.7 Å². The molecule has 2 fully saturated rings. The summed E-state index contributed by atoms with van der Waals surface area (Å²) in [5.74, 6) is 0.775. The number of aromatic hydroxyl groups is 1. The second-order valence-electron chi connectivity index (χ2n) is 8.28. The van der Waals surface area contributed by atoms with Crippen LogP contribution < -0.4 is 10.2 Å². The molecule has 0 amide bonds. The third-order valence-corrected chi connectivity index (χ3v) is 7.08. The second kappa shape index (κ2) is 8.41. The number of alkyl halides is 1. The molecule has 0 radical (unpaired) electrons. The van der Waals surface area contributed by atoms with Crippen LogP contribution in [0.25, 0.3) is 22.6 Å². The summed E-state index contributed by atoms with van der Waals surface area (Å²) in [7, 11) is 1.83. The van der Waals surface area contributed by atoms with Crippen LogP contribution in [0.15, 0.2) is 29.8 Å². The van der Waals surface area contributed by atoms with Crippen molar-refractivity contribution < 1.29 is 9.50 Å². The highest BCUT2D eigenvalue weighted by molar-refractivity contribution is 7.10. The molecule has 1 aromatic carbocycles. The van der Waals surface area contributed by atoms with E-state index in [1.54, 1.807) is 29.8 Å². The number of rotatable bonds is 4. The minimum Gasteiger partial charge on any atom is -0.507 e. The lowest BCUT2D eigenvalue weighted by atomic mass is 9.82. The lowest BCUT2D eigenvalue weighted by molar-refractivity contribution is 0.107. The molecule has 4 heterocycles. The number of phenols is 1. The van der Waals surface area contributed by atoms with Crippen LogP contribution in [0, 0.1) is 11.3 Å². The SMILES string of the molecule is CN(c1cnc(-c2ccc(-c3csc(C#N)n3)cc2O)nn1)[C@@H]1C[C@@H]2CCC[C@@H](N2)[C@@H]1F. The van der Waals surface area contributed by atoms with E-state index in [0.717, 1.165) is 25.7 Å². The van der Waals surface area contributed by atoms with Gasteiger partial charge in [0.2, 0.25) is 0 Å². The van der Waals surface area contributed by atoms with Crippen LogP contribution in [0.5, 0.6) is 5.75 Å². The molecule has 2 aromatic heterocycles. The topological polar surface area (TPSA) is 111 Å². The molecule has 0 unspecified atom stereocenters. The first-order valence-corrected chi connectivity index (χ1v) is 11.4. The number of hydrogen-bond acceptors (Lipinski definition) is 9. The number of aromatic nitrogens is 4. The minimum absolute atomic E-state index is 0.00749. The summed E-state index contributed by atoms with van der Waals surface area (Å²) in [5, 5.41) is 33.4. The Morgan fingerprint density at radius 3 is 2.91 bits per heavy atom. The summed E-state index contributed by atoms with van der Waals surface area (Å²) in [6.07, 6.45) is 4.33. The van der Waals surface area contributed by atoms with Crippen molar-refractivity contribution in [3.8, 4) is 34.5 Å². The van der Waals surface area contributed by atoms with Gasteiger partial charge >= 0.3 is 0 Å². The van der Waals surface area contributed by atoms with Gasteiger partial charge in [-0.1, -0.05) is 12.5 Å². The molecule has 2 aliphatic heterocycles. The molecule has 2 saturated heterocycles. The number of nitriles is 1. The molecule has 32 heavy (non-hydrogen) atoms. The molecule has 10 heteroatoms. The van der Waals surface area contributed by atoms with Crippen molar-refractivity contribution in [1.82, 2.24) is 25.5 Å². The normalized spacial score (nSPS) is 24.7. The van der Waals surface area contributed by atoms with Gasteiger partial charge in [-0.2, -0.15) is 5.26 Å². The average Bonchev–Trinajstić information content (AvgIpc) is 3.31. The maximum Gasteiger partial charge on any atom is 0.194 e. The van der Waals surface area contributed by atoms with E-state index in [9.17, 15) is 5.11 Å². The zero-order valence-corrected chi connectivity index (χ0v) is 18.3. The fourth-order valence-electron chi connectivity index (χ4n) is 4.61. The smallest absolute Gasteiger partial charge is 0.194 e. The Hall–Kier alpha value is -3.16. The summed E-state index contributed by atoms with van der Waals surface area (Å²) in [4.78, 5) is 10.4. The van der Waals surface area contributed by atoms with E-state index in [-0.39, 0.29) is 23.7 Å². The number of thiazole rings is 1. The molecule has 0 aliphatic carbocycles. The second-order valence-corrected chi connectivity index (χ2v) is 9.14. The predicted octanol–water partition coefficient (Wildman–Crippen LogP) is 3.30. The van der Waals surface area contributed by atoms with Gasteiger partial charge in [-0.05, 0) is 31.4 Å². The number of phenolic OH excluding ortho intramolecular Hbond substituents is 1. The maximum absolute atomic E-state index is 15.0. The molecule has 0 spiro atoms. The molecule has 0 saturated carbocycles. The first-order chi connectivity index (χ1) is 15.5. The molecular weight excluding hydrogens is 429 g/mol. The van der Waals surface area contributed by atoms with Crippen molar-refractivity contribution >= 4 is 17.2 Å². The van der Waals surface area contributed by atoms with E-state index in [1.165, 1.54) is 11.3 Å². The van der Waals surface area contributed by atoms with E-state index >= 15 is 4.39 Å².